The molecule has 0 saturated heterocycles. The molecule has 5 heteroatoms. The molecule has 0 aromatic carbocycles. The van der Waals surface area contributed by atoms with Gasteiger partial charge in [-0.1, -0.05) is 24.4 Å². The summed E-state index contributed by atoms with van der Waals surface area (Å²) in [6.45, 7) is 0. The van der Waals surface area contributed by atoms with Crippen LogP contribution in [0.25, 0.3) is 0 Å². The molecular formula is C10H12ClN3O. The fourth-order valence-electron chi connectivity index (χ4n) is 1.80. The molecule has 0 radical (unpaired) electrons. The van der Waals surface area contributed by atoms with E-state index in [0.29, 0.717) is 11.1 Å². The molecule has 0 unspecified atom stereocenters. The Morgan fingerprint density at radius 2 is 2.20 bits per heavy atom. The third-order valence-corrected chi connectivity index (χ3v) is 2.79. The first-order valence-electron chi connectivity index (χ1n) is 5.05. The predicted molar refractivity (Wildman–Crippen MR) is 57.6 cm³/mol. The van der Waals surface area contributed by atoms with Crippen LogP contribution in [-0.4, -0.2) is 15.9 Å². The number of hydrogen-bond donors (Lipinski definition) is 1. The molecule has 15 heavy (non-hydrogen) atoms. The summed E-state index contributed by atoms with van der Waals surface area (Å²) < 4.78 is 0. The second-order valence-electron chi connectivity index (χ2n) is 3.67. The van der Waals surface area contributed by atoms with Crippen molar-refractivity contribution in [2.75, 3.05) is 5.32 Å². The predicted octanol–water partition coefficient (Wildman–Crippen LogP) is 2.26. The number of carbonyl (C=O) groups excluding carboxylic acids is 1. The molecule has 0 spiro atoms. The quantitative estimate of drug-likeness (QED) is 0.786. The van der Waals surface area contributed by atoms with Gasteiger partial charge in [-0.05, 0) is 18.9 Å². The minimum atomic E-state index is 0.00904. The van der Waals surface area contributed by atoms with Gasteiger partial charge in [-0.3, -0.25) is 10.1 Å². The summed E-state index contributed by atoms with van der Waals surface area (Å²) in [5.74, 6) is 0.418. The van der Waals surface area contributed by atoms with Crippen molar-refractivity contribution in [3.63, 3.8) is 0 Å². The molecule has 4 nitrogen and oxygen atoms in total. The lowest BCUT2D eigenvalue weighted by Gasteiger charge is -2.08. The molecule has 1 heterocycles. The zero-order valence-corrected chi connectivity index (χ0v) is 9.00. The molecule has 1 aromatic rings. The molecule has 0 atom stereocenters. The summed E-state index contributed by atoms with van der Waals surface area (Å²) in [5, 5.41) is 3.02. The summed E-state index contributed by atoms with van der Waals surface area (Å²) in [4.78, 5) is 19.5. The van der Waals surface area contributed by atoms with Gasteiger partial charge in [-0.25, -0.2) is 9.97 Å². The Labute approximate surface area is 93.1 Å². The second kappa shape index (κ2) is 4.57. The minimum Gasteiger partial charge on any atom is -0.294 e. The van der Waals surface area contributed by atoms with E-state index in [0.717, 1.165) is 25.7 Å². The smallest absolute Gasteiger partial charge is 0.230 e. The van der Waals surface area contributed by atoms with Crippen LogP contribution in [0.5, 0.6) is 0 Å². The highest BCUT2D eigenvalue weighted by Crippen LogP contribution is 2.25. The maximum atomic E-state index is 11.7. The first kappa shape index (κ1) is 10.4. The number of rotatable bonds is 2. The van der Waals surface area contributed by atoms with E-state index in [1.54, 1.807) is 6.07 Å². The lowest BCUT2D eigenvalue weighted by atomic mass is 10.1. The topological polar surface area (TPSA) is 54.9 Å². The van der Waals surface area contributed by atoms with Crippen LogP contribution < -0.4 is 5.32 Å². The van der Waals surface area contributed by atoms with E-state index >= 15 is 0 Å². The molecule has 0 aliphatic heterocycles. The van der Waals surface area contributed by atoms with Crippen molar-refractivity contribution >= 4 is 23.5 Å². The Balaban J connectivity index is 1.99. The SMILES string of the molecule is O=C(Nc1nccc(Cl)n1)C1CCCC1. The summed E-state index contributed by atoms with van der Waals surface area (Å²) in [5.41, 5.74) is 0. The average Bonchev–Trinajstić information content (AvgIpc) is 2.70. The standard InChI is InChI=1S/C10H12ClN3O/c11-8-5-6-12-10(13-8)14-9(15)7-3-1-2-4-7/h5-7H,1-4H2,(H,12,13,14,15). The molecule has 1 fully saturated rings. The van der Waals surface area contributed by atoms with Crippen LogP contribution in [0.15, 0.2) is 12.3 Å². The summed E-state index contributed by atoms with van der Waals surface area (Å²) in [7, 11) is 0. The van der Waals surface area contributed by atoms with E-state index in [9.17, 15) is 4.79 Å². The summed E-state index contributed by atoms with van der Waals surface area (Å²) in [6.07, 6.45) is 5.72. The second-order valence-corrected chi connectivity index (χ2v) is 4.06. The number of nitrogens with zero attached hydrogens (tertiary/aromatic N) is 2. The number of carbonyl (C=O) groups is 1. The Kier molecular flexibility index (Phi) is 3.16. The van der Waals surface area contributed by atoms with Gasteiger partial charge in [0.05, 0.1) is 0 Å². The Morgan fingerprint density at radius 3 is 2.87 bits per heavy atom. The number of hydrogen-bond acceptors (Lipinski definition) is 3. The average molecular weight is 226 g/mol. The molecule has 1 aliphatic rings. The third-order valence-electron chi connectivity index (χ3n) is 2.58. The van der Waals surface area contributed by atoms with E-state index < -0.39 is 0 Å². The maximum Gasteiger partial charge on any atom is 0.230 e. The minimum absolute atomic E-state index is 0.00904. The Bertz CT molecular complexity index is 363. The van der Waals surface area contributed by atoms with E-state index in [1.165, 1.54) is 6.20 Å². The zero-order valence-electron chi connectivity index (χ0n) is 8.24. The number of nitrogens with one attached hydrogen (secondary N) is 1. The van der Waals surface area contributed by atoms with Crippen molar-refractivity contribution in [1.29, 1.82) is 0 Å². The normalized spacial score (nSPS) is 16.6. The third kappa shape index (κ3) is 2.65. The number of aromatic nitrogens is 2. The van der Waals surface area contributed by atoms with E-state index in [1.807, 2.05) is 0 Å². The van der Waals surface area contributed by atoms with Crippen molar-refractivity contribution < 1.29 is 4.79 Å². The van der Waals surface area contributed by atoms with Crippen molar-refractivity contribution in [3.05, 3.63) is 17.4 Å². The van der Waals surface area contributed by atoms with Crippen LogP contribution in [0.2, 0.25) is 5.15 Å². The lowest BCUT2D eigenvalue weighted by molar-refractivity contribution is -0.119. The number of anilines is 1. The van der Waals surface area contributed by atoms with Crippen molar-refractivity contribution in [2.45, 2.75) is 25.7 Å². The zero-order chi connectivity index (χ0) is 10.7. The van der Waals surface area contributed by atoms with Crippen LogP contribution in [0, 0.1) is 5.92 Å². The number of amides is 1. The number of halogens is 1. The van der Waals surface area contributed by atoms with E-state index in [-0.39, 0.29) is 11.8 Å². The van der Waals surface area contributed by atoms with Crippen LogP contribution in [0.1, 0.15) is 25.7 Å². The van der Waals surface area contributed by atoms with Gasteiger partial charge < -0.3 is 0 Å². The van der Waals surface area contributed by atoms with Gasteiger partial charge in [0.25, 0.3) is 0 Å². The van der Waals surface area contributed by atoms with Crippen LogP contribution >= 0.6 is 11.6 Å². The molecule has 1 aromatic heterocycles. The highest BCUT2D eigenvalue weighted by Gasteiger charge is 2.23. The molecule has 1 saturated carbocycles. The Morgan fingerprint density at radius 1 is 1.47 bits per heavy atom. The molecule has 80 valence electrons. The van der Waals surface area contributed by atoms with Crippen molar-refractivity contribution in [2.24, 2.45) is 5.92 Å². The van der Waals surface area contributed by atoms with Gasteiger partial charge in [0.15, 0.2) is 0 Å². The summed E-state index contributed by atoms with van der Waals surface area (Å²) in [6, 6.07) is 1.58. The Hall–Kier alpha value is -1.16. The van der Waals surface area contributed by atoms with Crippen LogP contribution in [-0.2, 0) is 4.79 Å². The van der Waals surface area contributed by atoms with Gasteiger partial charge in [-0.15, -0.1) is 0 Å². The van der Waals surface area contributed by atoms with Crippen LogP contribution in [0.3, 0.4) is 0 Å². The van der Waals surface area contributed by atoms with Gasteiger partial charge in [0, 0.05) is 12.1 Å². The molecule has 0 bridgehead atoms. The molecular weight excluding hydrogens is 214 g/mol. The highest BCUT2D eigenvalue weighted by atomic mass is 35.5. The molecule has 1 aliphatic carbocycles. The maximum absolute atomic E-state index is 11.7. The lowest BCUT2D eigenvalue weighted by Crippen LogP contribution is -2.21. The van der Waals surface area contributed by atoms with Gasteiger partial charge >= 0.3 is 0 Å². The van der Waals surface area contributed by atoms with Crippen molar-refractivity contribution in [1.82, 2.24) is 9.97 Å². The van der Waals surface area contributed by atoms with E-state index in [2.05, 4.69) is 15.3 Å². The van der Waals surface area contributed by atoms with Gasteiger partial charge in [0.2, 0.25) is 11.9 Å². The fraction of sp³-hybridized carbons (Fsp3) is 0.500. The summed E-state index contributed by atoms with van der Waals surface area (Å²) >= 11 is 5.69. The van der Waals surface area contributed by atoms with E-state index in [4.69, 9.17) is 11.6 Å². The van der Waals surface area contributed by atoms with Gasteiger partial charge in [-0.2, -0.15) is 0 Å². The first-order valence-corrected chi connectivity index (χ1v) is 5.43. The highest BCUT2D eigenvalue weighted by molar-refractivity contribution is 6.29. The van der Waals surface area contributed by atoms with Crippen molar-refractivity contribution in [3.8, 4) is 0 Å². The molecule has 1 N–H and O–H groups in total. The molecule has 2 rings (SSSR count). The molecule has 1 amide bonds. The fourth-order valence-corrected chi connectivity index (χ4v) is 1.93. The van der Waals surface area contributed by atoms with Gasteiger partial charge in [0.1, 0.15) is 5.15 Å². The monoisotopic (exact) mass is 225 g/mol. The largest absolute Gasteiger partial charge is 0.294 e. The first-order chi connectivity index (χ1) is 7.25. The van der Waals surface area contributed by atoms with Crippen LogP contribution in [0.4, 0.5) is 5.95 Å².